The molecule has 0 aliphatic rings. The maximum Gasteiger partial charge on any atom is 0.280 e. The maximum absolute atomic E-state index is 13.3. The van der Waals surface area contributed by atoms with E-state index in [-0.39, 0.29) is 5.56 Å². The fourth-order valence-electron chi connectivity index (χ4n) is 0.915. The second kappa shape index (κ2) is 4.70. The van der Waals surface area contributed by atoms with E-state index in [1.807, 2.05) is 22.6 Å². The summed E-state index contributed by atoms with van der Waals surface area (Å²) in [6.45, 7) is 0. The van der Waals surface area contributed by atoms with Gasteiger partial charge >= 0.3 is 0 Å². The van der Waals surface area contributed by atoms with E-state index in [4.69, 9.17) is 0 Å². The van der Waals surface area contributed by atoms with E-state index in [1.54, 1.807) is 6.07 Å². The molecule has 5 heteroatoms. The molecular formula is C9H9FINO2. The Kier molecular flexibility index (Phi) is 3.82. The van der Waals surface area contributed by atoms with Gasteiger partial charge in [0.15, 0.2) is 0 Å². The number of halogens is 2. The SMILES string of the molecule is CON(C)C(=O)c1ccc(I)cc1F. The Hall–Kier alpha value is -0.690. The Labute approximate surface area is 94.9 Å². The zero-order valence-corrected chi connectivity index (χ0v) is 9.91. The minimum absolute atomic E-state index is 0.00904. The van der Waals surface area contributed by atoms with Crippen molar-refractivity contribution in [2.45, 2.75) is 0 Å². The Morgan fingerprint density at radius 1 is 1.57 bits per heavy atom. The summed E-state index contributed by atoms with van der Waals surface area (Å²) in [6.07, 6.45) is 0. The van der Waals surface area contributed by atoms with Gasteiger partial charge in [-0.25, -0.2) is 9.45 Å². The number of benzene rings is 1. The van der Waals surface area contributed by atoms with Crippen LogP contribution in [-0.4, -0.2) is 25.1 Å². The van der Waals surface area contributed by atoms with E-state index in [9.17, 15) is 9.18 Å². The van der Waals surface area contributed by atoms with Crippen LogP contribution >= 0.6 is 22.6 Å². The third kappa shape index (κ3) is 2.42. The molecule has 0 unspecified atom stereocenters. The number of hydroxylamine groups is 2. The molecule has 0 heterocycles. The molecule has 1 aromatic rings. The molecule has 1 amide bonds. The molecule has 0 aromatic heterocycles. The lowest BCUT2D eigenvalue weighted by atomic mass is 10.2. The number of hydrogen-bond donors (Lipinski definition) is 0. The highest BCUT2D eigenvalue weighted by Gasteiger charge is 2.15. The van der Waals surface area contributed by atoms with E-state index >= 15 is 0 Å². The van der Waals surface area contributed by atoms with E-state index < -0.39 is 11.7 Å². The van der Waals surface area contributed by atoms with E-state index in [1.165, 1.54) is 26.3 Å². The van der Waals surface area contributed by atoms with Crippen LogP contribution in [0.3, 0.4) is 0 Å². The molecule has 0 atom stereocenters. The summed E-state index contributed by atoms with van der Waals surface area (Å²) in [5.74, 6) is -1.03. The maximum atomic E-state index is 13.3. The van der Waals surface area contributed by atoms with Crippen LogP contribution in [0, 0.1) is 9.39 Å². The molecule has 14 heavy (non-hydrogen) atoms. The lowest BCUT2D eigenvalue weighted by molar-refractivity contribution is -0.0759. The summed E-state index contributed by atoms with van der Waals surface area (Å²) >= 11 is 1.98. The normalized spacial score (nSPS) is 10.0. The average Bonchev–Trinajstić information content (AvgIpc) is 2.15. The predicted molar refractivity (Wildman–Crippen MR) is 58.2 cm³/mol. The third-order valence-corrected chi connectivity index (χ3v) is 2.39. The van der Waals surface area contributed by atoms with Gasteiger partial charge in [-0.15, -0.1) is 0 Å². The van der Waals surface area contributed by atoms with Gasteiger partial charge in [-0.3, -0.25) is 9.63 Å². The summed E-state index contributed by atoms with van der Waals surface area (Å²) < 4.78 is 14.0. The fourth-order valence-corrected chi connectivity index (χ4v) is 1.37. The molecule has 3 nitrogen and oxygen atoms in total. The van der Waals surface area contributed by atoms with Crippen LogP contribution in [0.25, 0.3) is 0 Å². The van der Waals surface area contributed by atoms with Crippen molar-refractivity contribution in [3.8, 4) is 0 Å². The monoisotopic (exact) mass is 309 g/mol. The Bertz CT molecular complexity index is 357. The highest BCUT2D eigenvalue weighted by molar-refractivity contribution is 14.1. The molecule has 0 radical (unpaired) electrons. The molecule has 1 rings (SSSR count). The lowest BCUT2D eigenvalue weighted by Crippen LogP contribution is -2.26. The van der Waals surface area contributed by atoms with Gasteiger partial charge in [0, 0.05) is 10.6 Å². The summed E-state index contributed by atoms with van der Waals surface area (Å²) in [5, 5.41) is 0.977. The molecule has 0 aliphatic carbocycles. The van der Waals surface area contributed by atoms with Crippen molar-refractivity contribution in [3.05, 3.63) is 33.1 Å². The summed E-state index contributed by atoms with van der Waals surface area (Å²) in [4.78, 5) is 16.1. The first kappa shape index (κ1) is 11.4. The van der Waals surface area contributed by atoms with E-state index in [0.717, 1.165) is 8.63 Å². The standard InChI is InChI=1S/C9H9FINO2/c1-12(14-2)9(13)7-4-3-6(11)5-8(7)10/h3-5H,1-2H3. The summed E-state index contributed by atoms with van der Waals surface area (Å²) in [6, 6.07) is 4.41. The molecule has 0 saturated carbocycles. The van der Waals surface area contributed by atoms with Crippen molar-refractivity contribution in [1.82, 2.24) is 5.06 Å². The second-order valence-corrected chi connectivity index (χ2v) is 3.85. The van der Waals surface area contributed by atoms with Crippen LogP contribution in [0.2, 0.25) is 0 Å². The highest BCUT2D eigenvalue weighted by atomic mass is 127. The first-order chi connectivity index (χ1) is 6.56. The van der Waals surface area contributed by atoms with Gasteiger partial charge in [0.2, 0.25) is 0 Å². The first-order valence-electron chi connectivity index (χ1n) is 3.83. The Morgan fingerprint density at radius 2 is 2.21 bits per heavy atom. The highest BCUT2D eigenvalue weighted by Crippen LogP contribution is 2.13. The van der Waals surface area contributed by atoms with Gasteiger partial charge in [0.05, 0.1) is 12.7 Å². The van der Waals surface area contributed by atoms with Crippen LogP contribution in [0.1, 0.15) is 10.4 Å². The topological polar surface area (TPSA) is 29.5 Å². The summed E-state index contributed by atoms with van der Waals surface area (Å²) in [5.41, 5.74) is 0.00904. The number of amides is 1. The van der Waals surface area contributed by atoms with Crippen molar-refractivity contribution in [2.75, 3.05) is 14.2 Å². The zero-order chi connectivity index (χ0) is 10.7. The van der Waals surface area contributed by atoms with Crippen LogP contribution in [0.5, 0.6) is 0 Å². The molecule has 0 aliphatic heterocycles. The van der Waals surface area contributed by atoms with Crippen LogP contribution in [0.4, 0.5) is 4.39 Å². The first-order valence-corrected chi connectivity index (χ1v) is 4.91. The van der Waals surface area contributed by atoms with Crippen molar-refractivity contribution in [3.63, 3.8) is 0 Å². The third-order valence-electron chi connectivity index (χ3n) is 1.72. The number of nitrogens with zero attached hydrogens (tertiary/aromatic N) is 1. The largest absolute Gasteiger partial charge is 0.280 e. The van der Waals surface area contributed by atoms with Crippen LogP contribution in [0.15, 0.2) is 18.2 Å². The van der Waals surface area contributed by atoms with Gasteiger partial charge in [-0.2, -0.15) is 0 Å². The zero-order valence-electron chi connectivity index (χ0n) is 7.75. The molecule has 0 N–H and O–H groups in total. The quantitative estimate of drug-likeness (QED) is 0.618. The van der Waals surface area contributed by atoms with Gasteiger partial charge < -0.3 is 0 Å². The number of hydrogen-bond acceptors (Lipinski definition) is 2. The molecule has 0 bridgehead atoms. The van der Waals surface area contributed by atoms with Gasteiger partial charge in [-0.1, -0.05) is 0 Å². The van der Waals surface area contributed by atoms with E-state index in [2.05, 4.69) is 4.84 Å². The minimum Gasteiger partial charge on any atom is -0.274 e. The molecule has 76 valence electrons. The van der Waals surface area contributed by atoms with Crippen molar-refractivity contribution in [2.24, 2.45) is 0 Å². The van der Waals surface area contributed by atoms with E-state index in [0.29, 0.717) is 0 Å². The number of carbonyl (C=O) groups is 1. The molecule has 0 saturated heterocycles. The average molecular weight is 309 g/mol. The van der Waals surface area contributed by atoms with Crippen molar-refractivity contribution in [1.29, 1.82) is 0 Å². The van der Waals surface area contributed by atoms with Gasteiger partial charge in [-0.05, 0) is 40.8 Å². The fraction of sp³-hybridized carbons (Fsp3) is 0.222. The molecule has 0 fully saturated rings. The predicted octanol–water partition coefficient (Wildman–Crippen LogP) is 2.06. The Balaban J connectivity index is 3.02. The van der Waals surface area contributed by atoms with Crippen molar-refractivity contribution < 1.29 is 14.0 Å². The van der Waals surface area contributed by atoms with Gasteiger partial charge in [0.1, 0.15) is 5.82 Å². The van der Waals surface area contributed by atoms with Crippen molar-refractivity contribution >= 4 is 28.5 Å². The Morgan fingerprint density at radius 3 is 2.71 bits per heavy atom. The lowest BCUT2D eigenvalue weighted by Gasteiger charge is -2.13. The molecular weight excluding hydrogens is 300 g/mol. The molecule has 1 aromatic carbocycles. The molecule has 0 spiro atoms. The van der Waals surface area contributed by atoms with Crippen LogP contribution < -0.4 is 0 Å². The van der Waals surface area contributed by atoms with Crippen LogP contribution in [-0.2, 0) is 4.84 Å². The number of rotatable bonds is 2. The minimum atomic E-state index is -0.536. The smallest absolute Gasteiger partial charge is 0.274 e. The second-order valence-electron chi connectivity index (χ2n) is 2.61. The van der Waals surface area contributed by atoms with Gasteiger partial charge in [0.25, 0.3) is 5.91 Å². The number of carbonyl (C=O) groups excluding carboxylic acids is 1. The summed E-state index contributed by atoms with van der Waals surface area (Å²) in [7, 11) is 2.78.